The first-order chi connectivity index (χ1) is 15.9. The number of amides is 1. The number of carbonyl (C=O) groups excluding carboxylic acids is 2. The van der Waals surface area contributed by atoms with Crippen molar-refractivity contribution in [3.8, 4) is 0 Å². The fraction of sp³-hybridized carbons (Fsp3) is 0.143. The number of nitrogens with zero attached hydrogens (tertiary/aromatic N) is 3. The number of benzene rings is 2. The van der Waals surface area contributed by atoms with E-state index in [9.17, 15) is 31.2 Å². The quantitative estimate of drug-likeness (QED) is 0.318. The van der Waals surface area contributed by atoms with Crippen molar-refractivity contribution in [2.45, 2.75) is 23.4 Å². The van der Waals surface area contributed by atoms with Gasteiger partial charge in [-0.2, -0.15) is 13.2 Å². The molecule has 1 aromatic heterocycles. The van der Waals surface area contributed by atoms with Crippen molar-refractivity contribution in [2.75, 3.05) is 4.90 Å². The molecule has 2 aromatic carbocycles. The molecule has 0 bridgehead atoms. The fourth-order valence-electron chi connectivity index (χ4n) is 2.85. The second-order valence-electron chi connectivity index (χ2n) is 6.85. The highest BCUT2D eigenvalue weighted by Gasteiger charge is 2.47. The van der Waals surface area contributed by atoms with E-state index in [0.717, 1.165) is 17.0 Å². The lowest BCUT2D eigenvalue weighted by molar-refractivity contribution is -0.117. The van der Waals surface area contributed by atoms with Gasteiger partial charge in [0.1, 0.15) is 0 Å². The molecule has 0 saturated heterocycles. The van der Waals surface area contributed by atoms with Crippen LogP contribution in [-0.2, 0) is 21.2 Å². The number of ketones is 1. The molecule has 0 aliphatic rings. The van der Waals surface area contributed by atoms with Gasteiger partial charge in [0.25, 0.3) is 9.84 Å². The number of Topliss-reactive ketones (excluding diaryl/α,β-unsaturated/α-hetero) is 1. The van der Waals surface area contributed by atoms with Gasteiger partial charge in [-0.25, -0.2) is 18.4 Å². The number of hydrogen-bond donors (Lipinski definition) is 0. The second-order valence-corrected chi connectivity index (χ2v) is 9.60. The highest BCUT2D eigenvalue weighted by Crippen LogP contribution is 2.33. The molecule has 0 atom stereocenters. The third-order valence-corrected chi connectivity index (χ3v) is 6.72. The third-order valence-electron chi connectivity index (χ3n) is 4.50. The molecule has 178 valence electrons. The third kappa shape index (κ3) is 5.72. The van der Waals surface area contributed by atoms with Crippen LogP contribution in [0.25, 0.3) is 0 Å². The van der Waals surface area contributed by atoms with Crippen LogP contribution in [0.2, 0.25) is 10.0 Å². The Kier molecular flexibility index (Phi) is 7.59. The van der Waals surface area contributed by atoms with Crippen LogP contribution in [0.4, 0.5) is 18.9 Å². The van der Waals surface area contributed by atoms with Crippen LogP contribution < -0.4 is 4.90 Å². The number of hydrogen-bond acceptors (Lipinski definition) is 6. The summed E-state index contributed by atoms with van der Waals surface area (Å²) in [5, 5.41) is 0.395. The first-order valence-electron chi connectivity index (χ1n) is 9.36. The van der Waals surface area contributed by atoms with E-state index in [1.165, 1.54) is 42.7 Å². The average Bonchev–Trinajstić information content (AvgIpc) is 2.79. The summed E-state index contributed by atoms with van der Waals surface area (Å²) in [6.07, 6.45) is 1.90. The zero-order chi connectivity index (χ0) is 25.1. The normalized spacial score (nSPS) is 11.8. The zero-order valence-corrected chi connectivity index (χ0v) is 19.3. The fourth-order valence-corrected chi connectivity index (χ4v) is 3.97. The van der Waals surface area contributed by atoms with Gasteiger partial charge < -0.3 is 4.90 Å². The summed E-state index contributed by atoms with van der Waals surface area (Å²) in [4.78, 5) is 33.0. The van der Waals surface area contributed by atoms with E-state index in [1.807, 2.05) is 0 Å². The molecule has 0 aliphatic carbocycles. The smallest absolute Gasteiger partial charge is 0.308 e. The molecular formula is C21H14Cl2F3N3O4S. The summed E-state index contributed by atoms with van der Waals surface area (Å²) >= 11 is 11.9. The Morgan fingerprint density at radius 2 is 1.62 bits per heavy atom. The van der Waals surface area contributed by atoms with Crippen molar-refractivity contribution in [3.05, 3.63) is 82.4 Å². The second kappa shape index (κ2) is 10.1. The van der Waals surface area contributed by atoms with Crippen LogP contribution in [0.5, 0.6) is 0 Å². The van der Waals surface area contributed by atoms with Gasteiger partial charge in [0.05, 0.1) is 27.9 Å². The van der Waals surface area contributed by atoms with Crippen LogP contribution in [0.15, 0.2) is 65.8 Å². The minimum Gasteiger partial charge on any atom is -0.308 e. The molecule has 13 heteroatoms. The van der Waals surface area contributed by atoms with Crippen LogP contribution in [0.3, 0.4) is 0 Å². The minimum atomic E-state index is -5.67. The van der Waals surface area contributed by atoms with Gasteiger partial charge in [-0.15, -0.1) is 0 Å². The predicted octanol–water partition coefficient (Wildman–Crippen LogP) is 4.88. The molecule has 1 amide bonds. The lowest BCUT2D eigenvalue weighted by Gasteiger charge is -2.24. The molecule has 0 fully saturated rings. The Morgan fingerprint density at radius 3 is 2.24 bits per heavy atom. The van der Waals surface area contributed by atoms with Crippen molar-refractivity contribution in [1.29, 1.82) is 0 Å². The number of rotatable bonds is 7. The van der Waals surface area contributed by atoms with Crippen LogP contribution in [0, 0.1) is 0 Å². The van der Waals surface area contributed by atoms with Gasteiger partial charge in [0, 0.05) is 18.1 Å². The average molecular weight is 532 g/mol. The van der Waals surface area contributed by atoms with Crippen LogP contribution in [0.1, 0.15) is 22.6 Å². The molecule has 0 aliphatic heterocycles. The standard InChI is InChI=1S/C21H14Cl2F3N3O4S/c22-16-6-5-13(9-17(16)23)12-29(19(31)11-18(30)20-27-7-2-8-28-20)14-3-1-4-15(10-14)34(32,33)21(24,25)26/h1-10H,11-12H2. The molecule has 1 heterocycles. The van der Waals surface area contributed by atoms with Gasteiger partial charge in [0.15, 0.2) is 5.82 Å². The van der Waals surface area contributed by atoms with Crippen molar-refractivity contribution in [1.82, 2.24) is 9.97 Å². The topological polar surface area (TPSA) is 97.3 Å². The molecule has 0 saturated carbocycles. The predicted molar refractivity (Wildman–Crippen MR) is 118 cm³/mol. The van der Waals surface area contributed by atoms with E-state index in [1.54, 1.807) is 0 Å². The van der Waals surface area contributed by atoms with Gasteiger partial charge in [-0.3, -0.25) is 9.59 Å². The van der Waals surface area contributed by atoms with Crippen LogP contribution >= 0.6 is 23.2 Å². The molecule has 34 heavy (non-hydrogen) atoms. The number of halogens is 5. The van der Waals surface area contributed by atoms with Gasteiger partial charge in [0.2, 0.25) is 11.7 Å². The summed E-state index contributed by atoms with van der Waals surface area (Å²) in [5.74, 6) is -1.78. The van der Waals surface area contributed by atoms with E-state index in [-0.39, 0.29) is 28.1 Å². The zero-order valence-electron chi connectivity index (χ0n) is 17.0. The van der Waals surface area contributed by atoms with Gasteiger partial charge in [-0.1, -0.05) is 35.3 Å². The first-order valence-corrected chi connectivity index (χ1v) is 11.6. The summed E-state index contributed by atoms with van der Waals surface area (Å²) in [5.41, 5.74) is -5.29. The summed E-state index contributed by atoms with van der Waals surface area (Å²) in [6, 6.07) is 9.66. The molecule has 7 nitrogen and oxygen atoms in total. The van der Waals surface area contributed by atoms with Crippen molar-refractivity contribution < 1.29 is 31.2 Å². The molecule has 0 unspecified atom stereocenters. The van der Waals surface area contributed by atoms with E-state index in [2.05, 4.69) is 9.97 Å². The molecule has 3 rings (SSSR count). The largest absolute Gasteiger partial charge is 0.501 e. The lowest BCUT2D eigenvalue weighted by Crippen LogP contribution is -2.32. The maximum Gasteiger partial charge on any atom is 0.501 e. The number of aromatic nitrogens is 2. The summed E-state index contributed by atoms with van der Waals surface area (Å²) < 4.78 is 62.9. The van der Waals surface area contributed by atoms with E-state index < -0.39 is 38.4 Å². The number of carbonyl (C=O) groups is 2. The molecule has 0 radical (unpaired) electrons. The van der Waals surface area contributed by atoms with E-state index in [0.29, 0.717) is 11.6 Å². The van der Waals surface area contributed by atoms with Crippen molar-refractivity contribution >= 4 is 50.4 Å². The van der Waals surface area contributed by atoms with Gasteiger partial charge >= 0.3 is 5.51 Å². The maximum absolute atomic E-state index is 13.1. The molecule has 0 spiro atoms. The van der Waals surface area contributed by atoms with E-state index >= 15 is 0 Å². The molecule has 3 aromatic rings. The highest BCUT2D eigenvalue weighted by molar-refractivity contribution is 7.92. The molecule has 0 N–H and O–H groups in total. The minimum absolute atomic E-state index is 0.161. The summed E-state index contributed by atoms with van der Waals surface area (Å²) in [6.45, 7) is -0.242. The van der Waals surface area contributed by atoms with E-state index in [4.69, 9.17) is 23.2 Å². The SMILES string of the molecule is O=C(CC(=O)N(Cc1ccc(Cl)c(Cl)c1)c1cccc(S(=O)(=O)C(F)(F)F)c1)c1ncccn1. The Bertz CT molecular complexity index is 1340. The van der Waals surface area contributed by atoms with Crippen LogP contribution in [-0.4, -0.2) is 35.6 Å². The van der Waals surface area contributed by atoms with Crippen molar-refractivity contribution in [2.24, 2.45) is 0 Å². The Labute approximate surface area is 202 Å². The van der Waals surface area contributed by atoms with Gasteiger partial charge in [-0.05, 0) is 42.0 Å². The summed E-state index contributed by atoms with van der Waals surface area (Å²) in [7, 11) is -5.67. The monoisotopic (exact) mass is 531 g/mol. The first kappa shape index (κ1) is 25.6. The Balaban J connectivity index is 2.01. The Hall–Kier alpha value is -3.02. The van der Waals surface area contributed by atoms with Crippen molar-refractivity contribution in [3.63, 3.8) is 0 Å². The molecular weight excluding hydrogens is 518 g/mol. The lowest BCUT2D eigenvalue weighted by atomic mass is 10.1. The number of sulfone groups is 1. The number of anilines is 1. The maximum atomic E-state index is 13.1. The number of alkyl halides is 3. The highest BCUT2D eigenvalue weighted by atomic mass is 35.5. The Morgan fingerprint density at radius 1 is 0.941 bits per heavy atom.